The third-order valence-electron chi connectivity index (χ3n) is 2.26. The van der Waals surface area contributed by atoms with E-state index >= 15 is 0 Å². The van der Waals surface area contributed by atoms with Crippen LogP contribution in [0, 0.1) is 0 Å². The number of ether oxygens (including phenoxy) is 1. The molecule has 0 aliphatic carbocycles. The monoisotopic (exact) mass is 191 g/mol. The van der Waals surface area contributed by atoms with E-state index in [1.54, 1.807) is 0 Å². The van der Waals surface area contributed by atoms with Crippen LogP contribution in [-0.2, 0) is 4.74 Å². The first-order valence-electron chi connectivity index (χ1n) is 4.69. The Morgan fingerprint density at radius 2 is 2.33 bits per heavy atom. The molecule has 1 atom stereocenters. The molecule has 0 aromatic carbocycles. The average Bonchev–Trinajstić information content (AvgIpc) is 2.06. The molecule has 1 saturated heterocycles. The van der Waals surface area contributed by atoms with Crippen LogP contribution in [0.3, 0.4) is 0 Å². The molecule has 1 rings (SSSR count). The minimum Gasteiger partial charge on any atom is -0.377 e. The van der Waals surface area contributed by atoms with Crippen molar-refractivity contribution in [3.8, 4) is 0 Å². The summed E-state index contributed by atoms with van der Waals surface area (Å²) in [5, 5.41) is 0. The topological polar surface area (TPSA) is 12.5 Å². The third-order valence-corrected chi connectivity index (χ3v) is 2.42. The van der Waals surface area contributed by atoms with Crippen LogP contribution in [0.5, 0.6) is 0 Å². The zero-order valence-corrected chi connectivity index (χ0v) is 8.52. The number of halogens is 1. The van der Waals surface area contributed by atoms with E-state index in [4.69, 9.17) is 16.3 Å². The highest BCUT2D eigenvalue weighted by Gasteiger charge is 2.14. The molecule has 0 aromatic heterocycles. The number of likely N-dealkylation sites (N-methyl/N-ethyl adjacent to an activating group) is 1. The lowest BCUT2D eigenvalue weighted by molar-refractivity contribution is -0.000552. The number of hydrogen-bond acceptors (Lipinski definition) is 2. The standard InChI is InChI=1S/C9H18ClNO/c1-11(6-5-10)8-9-4-2-3-7-12-9/h9H,2-8H2,1H3. The number of rotatable bonds is 4. The summed E-state index contributed by atoms with van der Waals surface area (Å²) < 4.78 is 5.61. The third kappa shape index (κ3) is 3.74. The highest BCUT2D eigenvalue weighted by molar-refractivity contribution is 6.18. The van der Waals surface area contributed by atoms with Crippen molar-refractivity contribution >= 4 is 11.6 Å². The zero-order valence-electron chi connectivity index (χ0n) is 7.76. The Balaban J connectivity index is 2.11. The summed E-state index contributed by atoms with van der Waals surface area (Å²) in [7, 11) is 2.10. The largest absolute Gasteiger partial charge is 0.377 e. The Morgan fingerprint density at radius 1 is 1.50 bits per heavy atom. The molecular formula is C9H18ClNO. The predicted octanol–water partition coefficient (Wildman–Crippen LogP) is 1.73. The molecule has 1 aliphatic heterocycles. The van der Waals surface area contributed by atoms with Crippen molar-refractivity contribution < 1.29 is 4.74 Å². The van der Waals surface area contributed by atoms with E-state index in [2.05, 4.69) is 11.9 Å². The lowest BCUT2D eigenvalue weighted by Crippen LogP contribution is -2.34. The van der Waals surface area contributed by atoms with Gasteiger partial charge in [-0.25, -0.2) is 0 Å². The molecule has 1 unspecified atom stereocenters. The van der Waals surface area contributed by atoms with Gasteiger partial charge in [0.05, 0.1) is 6.10 Å². The summed E-state index contributed by atoms with van der Waals surface area (Å²) in [6.07, 6.45) is 4.22. The lowest BCUT2D eigenvalue weighted by atomic mass is 10.1. The normalized spacial score (nSPS) is 24.8. The van der Waals surface area contributed by atoms with Crippen molar-refractivity contribution in [3.63, 3.8) is 0 Å². The highest BCUT2D eigenvalue weighted by atomic mass is 35.5. The maximum Gasteiger partial charge on any atom is 0.0701 e. The molecule has 0 spiro atoms. The summed E-state index contributed by atoms with van der Waals surface area (Å²) in [5.74, 6) is 0.712. The maximum atomic E-state index is 5.63. The minimum atomic E-state index is 0.451. The second-order valence-electron chi connectivity index (χ2n) is 3.44. The van der Waals surface area contributed by atoms with Crippen LogP contribution in [0.25, 0.3) is 0 Å². The number of alkyl halides is 1. The van der Waals surface area contributed by atoms with Crippen molar-refractivity contribution in [3.05, 3.63) is 0 Å². The SMILES string of the molecule is CN(CCCl)CC1CCCCO1. The van der Waals surface area contributed by atoms with Gasteiger partial charge in [0.15, 0.2) is 0 Å². The van der Waals surface area contributed by atoms with E-state index in [1.165, 1.54) is 19.3 Å². The Hall–Kier alpha value is 0.210. The minimum absolute atomic E-state index is 0.451. The quantitative estimate of drug-likeness (QED) is 0.628. The first-order chi connectivity index (χ1) is 5.83. The van der Waals surface area contributed by atoms with E-state index in [0.29, 0.717) is 12.0 Å². The summed E-state index contributed by atoms with van der Waals surface area (Å²) in [6.45, 7) is 2.94. The van der Waals surface area contributed by atoms with Gasteiger partial charge in [0.2, 0.25) is 0 Å². The van der Waals surface area contributed by atoms with Gasteiger partial charge in [0.1, 0.15) is 0 Å². The van der Waals surface area contributed by atoms with Crippen LogP contribution >= 0.6 is 11.6 Å². The zero-order chi connectivity index (χ0) is 8.81. The molecule has 0 bridgehead atoms. The van der Waals surface area contributed by atoms with Crippen molar-refractivity contribution in [2.75, 3.05) is 32.6 Å². The smallest absolute Gasteiger partial charge is 0.0701 e. The molecule has 3 heteroatoms. The van der Waals surface area contributed by atoms with Crippen LogP contribution in [0.4, 0.5) is 0 Å². The molecule has 2 nitrogen and oxygen atoms in total. The van der Waals surface area contributed by atoms with Crippen molar-refractivity contribution in [2.24, 2.45) is 0 Å². The van der Waals surface area contributed by atoms with Crippen molar-refractivity contribution in [2.45, 2.75) is 25.4 Å². The molecule has 1 heterocycles. The van der Waals surface area contributed by atoms with Gasteiger partial charge in [-0.05, 0) is 26.3 Å². The molecule has 72 valence electrons. The van der Waals surface area contributed by atoms with E-state index in [1.807, 2.05) is 0 Å². The molecule has 0 saturated carbocycles. The van der Waals surface area contributed by atoms with Gasteiger partial charge in [-0.3, -0.25) is 0 Å². The molecule has 0 radical (unpaired) electrons. The number of hydrogen-bond donors (Lipinski definition) is 0. The summed E-state index contributed by atoms with van der Waals surface area (Å²) >= 11 is 5.63. The molecule has 0 aromatic rings. The van der Waals surface area contributed by atoms with Gasteiger partial charge in [0.25, 0.3) is 0 Å². The van der Waals surface area contributed by atoms with E-state index in [9.17, 15) is 0 Å². The van der Waals surface area contributed by atoms with Crippen LogP contribution in [0.1, 0.15) is 19.3 Å². The van der Waals surface area contributed by atoms with Crippen LogP contribution in [0.2, 0.25) is 0 Å². The number of nitrogens with zero attached hydrogens (tertiary/aromatic N) is 1. The fraction of sp³-hybridized carbons (Fsp3) is 1.00. The molecule has 0 N–H and O–H groups in total. The first-order valence-corrected chi connectivity index (χ1v) is 5.22. The molecular weight excluding hydrogens is 174 g/mol. The second kappa shape index (κ2) is 5.79. The van der Waals surface area contributed by atoms with E-state index in [0.717, 1.165) is 19.7 Å². The van der Waals surface area contributed by atoms with Gasteiger partial charge in [-0.1, -0.05) is 0 Å². The van der Waals surface area contributed by atoms with Crippen LogP contribution < -0.4 is 0 Å². The van der Waals surface area contributed by atoms with Gasteiger partial charge in [0, 0.05) is 25.6 Å². The average molecular weight is 192 g/mol. The summed E-state index contributed by atoms with van der Waals surface area (Å²) in [6, 6.07) is 0. The fourth-order valence-corrected chi connectivity index (χ4v) is 1.82. The summed E-state index contributed by atoms with van der Waals surface area (Å²) in [4.78, 5) is 2.24. The van der Waals surface area contributed by atoms with Crippen LogP contribution in [-0.4, -0.2) is 43.6 Å². The highest BCUT2D eigenvalue weighted by Crippen LogP contribution is 2.13. The van der Waals surface area contributed by atoms with Gasteiger partial charge in [-0.15, -0.1) is 11.6 Å². The lowest BCUT2D eigenvalue weighted by Gasteiger charge is -2.26. The Labute approximate surface area is 79.8 Å². The Kier molecular flexibility index (Phi) is 4.96. The maximum absolute atomic E-state index is 5.63. The Bertz CT molecular complexity index is 115. The molecule has 1 aliphatic rings. The van der Waals surface area contributed by atoms with Crippen molar-refractivity contribution in [1.29, 1.82) is 0 Å². The molecule has 1 fully saturated rings. The Morgan fingerprint density at radius 3 is 2.92 bits per heavy atom. The summed E-state index contributed by atoms with van der Waals surface area (Å²) in [5.41, 5.74) is 0. The molecule has 0 amide bonds. The van der Waals surface area contributed by atoms with Crippen molar-refractivity contribution in [1.82, 2.24) is 4.90 Å². The van der Waals surface area contributed by atoms with E-state index in [-0.39, 0.29) is 0 Å². The second-order valence-corrected chi connectivity index (χ2v) is 3.82. The van der Waals surface area contributed by atoms with Crippen LogP contribution in [0.15, 0.2) is 0 Å². The van der Waals surface area contributed by atoms with Gasteiger partial charge >= 0.3 is 0 Å². The first kappa shape index (κ1) is 10.3. The van der Waals surface area contributed by atoms with Gasteiger partial charge in [-0.2, -0.15) is 0 Å². The molecule has 12 heavy (non-hydrogen) atoms. The van der Waals surface area contributed by atoms with E-state index < -0.39 is 0 Å². The van der Waals surface area contributed by atoms with Gasteiger partial charge < -0.3 is 9.64 Å². The fourth-order valence-electron chi connectivity index (χ4n) is 1.53. The predicted molar refractivity (Wildman–Crippen MR) is 51.8 cm³/mol.